The Kier molecular flexibility index (Phi) is 5.53. The van der Waals surface area contributed by atoms with E-state index in [0.717, 1.165) is 24.6 Å². The van der Waals surface area contributed by atoms with Gasteiger partial charge in [-0.3, -0.25) is 9.78 Å². The van der Waals surface area contributed by atoms with Gasteiger partial charge in [0.05, 0.1) is 9.79 Å². The third-order valence-corrected chi connectivity index (χ3v) is 4.90. The lowest BCUT2D eigenvalue weighted by molar-refractivity contribution is -0.211. The fourth-order valence-electron chi connectivity index (χ4n) is 1.96. The van der Waals surface area contributed by atoms with Gasteiger partial charge in [-0.2, -0.15) is 0 Å². The summed E-state index contributed by atoms with van der Waals surface area (Å²) in [7, 11) is -3.88. The average Bonchev–Trinajstić information content (AvgIpc) is 2.54. The molecule has 0 unspecified atom stereocenters. The number of halogens is 1. The van der Waals surface area contributed by atoms with Crippen molar-refractivity contribution in [2.24, 2.45) is 5.73 Å². The van der Waals surface area contributed by atoms with Crippen molar-refractivity contribution in [3.63, 3.8) is 0 Å². The minimum Gasteiger partial charge on any atom is -0.330 e. The molecule has 0 fully saturated rings. The lowest BCUT2D eigenvalue weighted by Crippen LogP contribution is -2.07. The van der Waals surface area contributed by atoms with Gasteiger partial charge in [-0.1, -0.05) is 12.1 Å². The van der Waals surface area contributed by atoms with E-state index >= 15 is 0 Å². The van der Waals surface area contributed by atoms with Gasteiger partial charge < -0.3 is 5.73 Å². The lowest BCUT2D eigenvalue weighted by atomic mass is 10.2. The number of carbonyl (C=O) groups is 1. The fraction of sp³-hybridized carbons (Fsp3) is 0.188. The number of rotatable bonds is 6. The van der Waals surface area contributed by atoms with Crippen LogP contribution >= 0.6 is 0 Å². The first-order valence-corrected chi connectivity index (χ1v) is 8.51. The second kappa shape index (κ2) is 7.41. The Morgan fingerprint density at radius 2 is 1.75 bits per heavy atom. The molecule has 0 aliphatic carbocycles. The molecule has 0 spiro atoms. The Morgan fingerprint density at radius 1 is 1.12 bits per heavy atom. The van der Waals surface area contributed by atoms with Gasteiger partial charge in [0.2, 0.25) is 15.6 Å². The van der Waals surface area contributed by atoms with Gasteiger partial charge in [0, 0.05) is 6.92 Å². The highest BCUT2D eigenvalue weighted by molar-refractivity contribution is 7.91. The molecule has 0 aliphatic rings. The summed E-state index contributed by atoms with van der Waals surface area (Å²) in [4.78, 5) is 19.1. The van der Waals surface area contributed by atoms with Crippen LogP contribution in [0.4, 0.5) is 4.39 Å². The Labute approximate surface area is 138 Å². The van der Waals surface area contributed by atoms with E-state index in [0.29, 0.717) is 13.0 Å². The van der Waals surface area contributed by atoms with E-state index in [2.05, 4.69) is 9.78 Å². The fourth-order valence-corrected chi connectivity index (χ4v) is 3.23. The molecule has 8 heteroatoms. The number of sulfone groups is 1. The van der Waals surface area contributed by atoms with Gasteiger partial charge in [-0.05, 0) is 48.9 Å². The summed E-state index contributed by atoms with van der Waals surface area (Å²) in [5.74, 6) is -2.11. The largest absolute Gasteiger partial charge is 0.352 e. The van der Waals surface area contributed by atoms with Crippen LogP contribution in [-0.4, -0.2) is 20.9 Å². The molecule has 2 rings (SSSR count). The first kappa shape index (κ1) is 17.9. The zero-order valence-electron chi connectivity index (χ0n) is 12.9. The zero-order valence-corrected chi connectivity index (χ0v) is 13.7. The van der Waals surface area contributed by atoms with Crippen LogP contribution in [0.2, 0.25) is 0 Å². The standard InChI is InChI=1S/C16H16FNO5S/c1-11(19)22-23-16-7-6-14(10-15(16)17)24(20,21)13-4-2-12(3-5-13)8-9-18/h2-7,10H,8-9,18H2,1H3. The molecule has 24 heavy (non-hydrogen) atoms. The summed E-state index contributed by atoms with van der Waals surface area (Å²) in [5.41, 5.74) is 6.36. The smallest absolute Gasteiger partial charge is 0.330 e. The highest BCUT2D eigenvalue weighted by atomic mass is 32.2. The van der Waals surface area contributed by atoms with E-state index in [1.165, 1.54) is 18.2 Å². The summed E-state index contributed by atoms with van der Waals surface area (Å²) in [5, 5.41) is 0. The molecule has 2 N–H and O–H groups in total. The van der Waals surface area contributed by atoms with Gasteiger partial charge in [0.15, 0.2) is 5.82 Å². The van der Waals surface area contributed by atoms with Gasteiger partial charge in [0.25, 0.3) is 0 Å². The quantitative estimate of drug-likeness (QED) is 0.630. The molecule has 6 nitrogen and oxygen atoms in total. The molecule has 0 atom stereocenters. The zero-order chi connectivity index (χ0) is 17.7. The molecular weight excluding hydrogens is 337 g/mol. The molecule has 0 radical (unpaired) electrons. The minimum absolute atomic E-state index is 0.0383. The molecule has 0 amide bonds. The molecule has 0 bridgehead atoms. The van der Waals surface area contributed by atoms with Crippen LogP contribution in [0.1, 0.15) is 12.5 Å². The van der Waals surface area contributed by atoms with Crippen LogP contribution in [0, 0.1) is 5.82 Å². The predicted molar refractivity (Wildman–Crippen MR) is 83.4 cm³/mol. The SMILES string of the molecule is CC(=O)OOc1ccc(S(=O)(=O)c2ccc(CCN)cc2)cc1F. The molecule has 0 saturated heterocycles. The molecule has 0 saturated carbocycles. The van der Waals surface area contributed by atoms with Crippen LogP contribution in [0.5, 0.6) is 5.75 Å². The summed E-state index contributed by atoms with van der Waals surface area (Å²) in [6.07, 6.45) is 0.636. The topological polar surface area (TPSA) is 95.7 Å². The molecular formula is C16H16FNO5S. The average molecular weight is 353 g/mol. The summed E-state index contributed by atoms with van der Waals surface area (Å²) >= 11 is 0. The van der Waals surface area contributed by atoms with Gasteiger partial charge in [0.1, 0.15) is 0 Å². The van der Waals surface area contributed by atoms with Gasteiger partial charge >= 0.3 is 5.97 Å². The summed E-state index contributed by atoms with van der Waals surface area (Å²) in [6, 6.07) is 9.27. The number of nitrogens with two attached hydrogens (primary N) is 1. The maximum absolute atomic E-state index is 13.9. The Bertz CT molecular complexity index is 834. The van der Waals surface area contributed by atoms with Crippen molar-refractivity contribution >= 4 is 15.8 Å². The van der Waals surface area contributed by atoms with Crippen molar-refractivity contribution in [1.82, 2.24) is 0 Å². The van der Waals surface area contributed by atoms with E-state index in [1.807, 2.05) is 0 Å². The van der Waals surface area contributed by atoms with E-state index < -0.39 is 21.6 Å². The van der Waals surface area contributed by atoms with Crippen LogP contribution in [0.3, 0.4) is 0 Å². The van der Waals surface area contributed by atoms with Crippen molar-refractivity contribution < 1.29 is 27.4 Å². The molecule has 2 aromatic carbocycles. The minimum atomic E-state index is -3.88. The molecule has 0 heterocycles. The second-order valence-electron chi connectivity index (χ2n) is 4.94. The van der Waals surface area contributed by atoms with Gasteiger partial charge in [-0.25, -0.2) is 17.6 Å². The second-order valence-corrected chi connectivity index (χ2v) is 6.89. The maximum atomic E-state index is 13.9. The third-order valence-electron chi connectivity index (χ3n) is 3.13. The molecule has 128 valence electrons. The predicted octanol–water partition coefficient (Wildman–Crippen LogP) is 2.02. The van der Waals surface area contributed by atoms with Crippen LogP contribution in [0.15, 0.2) is 52.3 Å². The van der Waals surface area contributed by atoms with Crippen molar-refractivity contribution in [2.45, 2.75) is 23.1 Å². The molecule has 0 aliphatic heterocycles. The van der Waals surface area contributed by atoms with Crippen LogP contribution < -0.4 is 10.6 Å². The van der Waals surface area contributed by atoms with E-state index in [4.69, 9.17) is 5.73 Å². The van der Waals surface area contributed by atoms with E-state index in [9.17, 15) is 17.6 Å². The summed E-state index contributed by atoms with van der Waals surface area (Å²) in [6.45, 7) is 1.55. The number of hydrogen-bond acceptors (Lipinski definition) is 6. The monoisotopic (exact) mass is 353 g/mol. The van der Waals surface area contributed by atoms with E-state index in [1.54, 1.807) is 12.1 Å². The Morgan fingerprint density at radius 3 is 2.29 bits per heavy atom. The number of benzene rings is 2. The highest BCUT2D eigenvalue weighted by Crippen LogP contribution is 2.26. The van der Waals surface area contributed by atoms with Crippen LogP contribution in [-0.2, 0) is 25.9 Å². The number of hydrogen-bond donors (Lipinski definition) is 1. The normalized spacial score (nSPS) is 11.1. The summed E-state index contributed by atoms with van der Waals surface area (Å²) < 4.78 is 38.9. The first-order valence-electron chi connectivity index (χ1n) is 7.03. The third kappa shape index (κ3) is 4.09. The van der Waals surface area contributed by atoms with E-state index in [-0.39, 0.29) is 15.5 Å². The first-order chi connectivity index (χ1) is 11.3. The Hall–Kier alpha value is -2.45. The molecule has 0 aromatic heterocycles. The maximum Gasteiger partial charge on any atom is 0.352 e. The van der Waals surface area contributed by atoms with Crippen molar-refractivity contribution in [2.75, 3.05) is 6.54 Å². The van der Waals surface area contributed by atoms with Crippen molar-refractivity contribution in [3.05, 3.63) is 53.8 Å². The Balaban J connectivity index is 2.28. The lowest BCUT2D eigenvalue weighted by Gasteiger charge is -2.08. The van der Waals surface area contributed by atoms with Gasteiger partial charge in [-0.15, -0.1) is 0 Å². The van der Waals surface area contributed by atoms with Crippen molar-refractivity contribution in [3.8, 4) is 5.75 Å². The molecule has 2 aromatic rings. The van der Waals surface area contributed by atoms with Crippen LogP contribution in [0.25, 0.3) is 0 Å². The number of carbonyl (C=O) groups excluding carboxylic acids is 1. The van der Waals surface area contributed by atoms with Crippen molar-refractivity contribution in [1.29, 1.82) is 0 Å². The highest BCUT2D eigenvalue weighted by Gasteiger charge is 2.20.